The van der Waals surface area contributed by atoms with Gasteiger partial charge in [-0.15, -0.1) is 0 Å². The van der Waals surface area contributed by atoms with Gasteiger partial charge in [-0.05, 0) is 38.7 Å². The molecule has 12 heteroatoms. The highest BCUT2D eigenvalue weighted by molar-refractivity contribution is 5.69. The van der Waals surface area contributed by atoms with Crippen molar-refractivity contribution < 1.29 is 13.2 Å². The molecule has 3 heterocycles. The van der Waals surface area contributed by atoms with Gasteiger partial charge in [0.2, 0.25) is 11.9 Å². The number of aryl methyl sites for hydroxylation is 1. The molecular weight excluding hydrogens is 423 g/mol. The molecule has 5 rings (SSSR count). The number of hydrogen-bond acceptors (Lipinski definition) is 9. The molecule has 32 heavy (non-hydrogen) atoms. The second kappa shape index (κ2) is 7.84. The van der Waals surface area contributed by atoms with Crippen LogP contribution < -0.4 is 15.5 Å². The van der Waals surface area contributed by atoms with Gasteiger partial charge in [-0.1, -0.05) is 0 Å². The van der Waals surface area contributed by atoms with E-state index in [2.05, 4.69) is 40.8 Å². The second-order valence-corrected chi connectivity index (χ2v) is 7.90. The molecule has 166 valence electrons. The molecule has 2 N–H and O–H groups in total. The van der Waals surface area contributed by atoms with Gasteiger partial charge in [0.1, 0.15) is 17.2 Å². The highest BCUT2D eigenvalue weighted by atomic mass is 19.4. The molecule has 3 aromatic rings. The first-order valence-electron chi connectivity index (χ1n) is 10.3. The Morgan fingerprint density at radius 2 is 1.50 bits per heavy atom. The van der Waals surface area contributed by atoms with Gasteiger partial charge >= 0.3 is 6.18 Å². The predicted octanol–water partition coefficient (Wildman–Crippen LogP) is 4.00. The maximum atomic E-state index is 13.5. The summed E-state index contributed by atoms with van der Waals surface area (Å²) in [6.07, 6.45) is 4.50. The van der Waals surface area contributed by atoms with Gasteiger partial charge in [0.15, 0.2) is 0 Å². The minimum Gasteiger partial charge on any atom is -0.367 e. The molecule has 2 aliphatic rings. The lowest BCUT2D eigenvalue weighted by Gasteiger charge is -2.23. The molecule has 0 unspecified atom stereocenters. The van der Waals surface area contributed by atoms with Crippen LogP contribution in [0.15, 0.2) is 30.9 Å². The molecule has 0 aliphatic heterocycles. The Morgan fingerprint density at radius 3 is 2.09 bits per heavy atom. The molecule has 0 spiro atoms. The van der Waals surface area contributed by atoms with Gasteiger partial charge in [-0.2, -0.15) is 33.3 Å². The predicted molar refractivity (Wildman–Crippen MR) is 111 cm³/mol. The molecule has 2 fully saturated rings. The standard InChI is InChI=1S/C20H20F3N9/c1-11-8-24-18(30-16(11)28-12-2-3-12)32(14-6-7-26-27-9-14)19-25-10-15(20(21,22)23)17(31-19)29-13-4-5-13/h6-10,12-13H,2-5H2,1H3,(H,24,28,30)(H,25,29,31). The number of hydrogen-bond donors (Lipinski definition) is 2. The van der Waals surface area contributed by atoms with Crippen molar-refractivity contribution in [2.24, 2.45) is 0 Å². The summed E-state index contributed by atoms with van der Waals surface area (Å²) in [5.74, 6) is 0.604. The van der Waals surface area contributed by atoms with Crippen LogP contribution in [0.2, 0.25) is 0 Å². The normalized spacial score (nSPS) is 16.0. The first kappa shape index (κ1) is 20.3. The van der Waals surface area contributed by atoms with Crippen LogP contribution in [0.25, 0.3) is 0 Å². The fourth-order valence-corrected chi connectivity index (χ4v) is 3.06. The second-order valence-electron chi connectivity index (χ2n) is 7.90. The van der Waals surface area contributed by atoms with Crippen LogP contribution in [0.5, 0.6) is 0 Å². The summed E-state index contributed by atoms with van der Waals surface area (Å²) in [5.41, 5.74) is 0.415. The van der Waals surface area contributed by atoms with E-state index in [0.29, 0.717) is 17.5 Å². The monoisotopic (exact) mass is 443 g/mol. The Bertz CT molecular complexity index is 1120. The van der Waals surface area contributed by atoms with Gasteiger partial charge in [-0.25, -0.2) is 14.9 Å². The molecule has 0 aromatic carbocycles. The summed E-state index contributed by atoms with van der Waals surface area (Å²) in [6, 6.07) is 1.98. The lowest BCUT2D eigenvalue weighted by molar-refractivity contribution is -0.137. The molecule has 2 saturated carbocycles. The average molecular weight is 443 g/mol. The average Bonchev–Trinajstić information content (AvgIpc) is 3.68. The number of nitrogens with one attached hydrogen (secondary N) is 2. The largest absolute Gasteiger partial charge is 0.421 e. The topological polar surface area (TPSA) is 105 Å². The van der Waals surface area contributed by atoms with Crippen molar-refractivity contribution in [2.45, 2.75) is 50.9 Å². The van der Waals surface area contributed by atoms with E-state index in [4.69, 9.17) is 0 Å². The van der Waals surface area contributed by atoms with Crippen molar-refractivity contribution in [3.05, 3.63) is 42.0 Å². The first-order valence-corrected chi connectivity index (χ1v) is 10.3. The highest BCUT2D eigenvalue weighted by Crippen LogP contribution is 2.38. The van der Waals surface area contributed by atoms with Crippen LogP contribution in [0.4, 0.5) is 42.4 Å². The number of anilines is 5. The maximum Gasteiger partial charge on any atom is 0.421 e. The Balaban J connectivity index is 1.60. The van der Waals surface area contributed by atoms with E-state index in [0.717, 1.165) is 37.4 Å². The van der Waals surface area contributed by atoms with Crippen LogP contribution in [-0.4, -0.2) is 42.2 Å². The van der Waals surface area contributed by atoms with Crippen molar-refractivity contribution in [2.75, 3.05) is 15.5 Å². The van der Waals surface area contributed by atoms with Gasteiger partial charge in [0, 0.05) is 30.0 Å². The third-order valence-corrected chi connectivity index (χ3v) is 5.10. The van der Waals surface area contributed by atoms with E-state index >= 15 is 0 Å². The molecular formula is C20H20F3N9. The van der Waals surface area contributed by atoms with Crippen LogP contribution in [0.1, 0.15) is 36.8 Å². The Kier molecular flexibility index (Phi) is 4.98. The van der Waals surface area contributed by atoms with Crippen molar-refractivity contribution in [1.29, 1.82) is 0 Å². The van der Waals surface area contributed by atoms with E-state index in [-0.39, 0.29) is 23.8 Å². The van der Waals surface area contributed by atoms with Gasteiger partial charge < -0.3 is 10.6 Å². The number of nitrogens with zero attached hydrogens (tertiary/aromatic N) is 7. The molecule has 0 radical (unpaired) electrons. The van der Waals surface area contributed by atoms with Gasteiger partial charge in [-0.3, -0.25) is 0 Å². The van der Waals surface area contributed by atoms with Crippen molar-refractivity contribution >= 4 is 29.2 Å². The number of rotatable bonds is 7. The van der Waals surface area contributed by atoms with E-state index in [1.165, 1.54) is 17.3 Å². The smallest absolute Gasteiger partial charge is 0.367 e. The number of halogens is 3. The lowest BCUT2D eigenvalue weighted by atomic mass is 10.3. The third-order valence-electron chi connectivity index (χ3n) is 5.10. The Labute approximate surface area is 181 Å². The number of aromatic nitrogens is 6. The lowest BCUT2D eigenvalue weighted by Crippen LogP contribution is -2.21. The summed E-state index contributed by atoms with van der Waals surface area (Å²) in [5, 5.41) is 13.9. The molecule has 0 atom stereocenters. The van der Waals surface area contributed by atoms with Crippen LogP contribution in [0, 0.1) is 6.92 Å². The van der Waals surface area contributed by atoms with E-state index in [9.17, 15) is 13.2 Å². The first-order chi connectivity index (χ1) is 15.4. The summed E-state index contributed by atoms with van der Waals surface area (Å²) in [7, 11) is 0. The van der Waals surface area contributed by atoms with Gasteiger partial charge in [0.25, 0.3) is 0 Å². The molecule has 9 nitrogen and oxygen atoms in total. The quantitative estimate of drug-likeness (QED) is 0.560. The van der Waals surface area contributed by atoms with Crippen molar-refractivity contribution in [1.82, 2.24) is 30.1 Å². The molecule has 0 saturated heterocycles. The zero-order valence-electron chi connectivity index (χ0n) is 17.1. The third kappa shape index (κ3) is 4.39. The Morgan fingerprint density at radius 1 is 0.875 bits per heavy atom. The van der Waals surface area contributed by atoms with Crippen LogP contribution >= 0.6 is 0 Å². The minimum atomic E-state index is -4.58. The summed E-state index contributed by atoms with van der Waals surface area (Å²) in [4.78, 5) is 18.7. The van der Waals surface area contributed by atoms with Crippen molar-refractivity contribution in [3.63, 3.8) is 0 Å². The molecule has 3 aromatic heterocycles. The zero-order chi connectivity index (χ0) is 22.3. The zero-order valence-corrected chi connectivity index (χ0v) is 17.1. The maximum absolute atomic E-state index is 13.5. The SMILES string of the molecule is Cc1cnc(N(c2ccnnc2)c2ncc(C(F)(F)F)c(NC3CC3)n2)nc1NC1CC1. The molecule has 0 amide bonds. The number of alkyl halides is 3. The fourth-order valence-electron chi connectivity index (χ4n) is 3.06. The van der Waals surface area contributed by atoms with E-state index in [1.807, 2.05) is 6.92 Å². The van der Waals surface area contributed by atoms with Crippen molar-refractivity contribution in [3.8, 4) is 0 Å². The van der Waals surface area contributed by atoms with E-state index in [1.54, 1.807) is 12.3 Å². The molecule has 2 aliphatic carbocycles. The van der Waals surface area contributed by atoms with E-state index < -0.39 is 11.7 Å². The Hall–Kier alpha value is -3.57. The fraction of sp³-hybridized carbons (Fsp3) is 0.400. The highest BCUT2D eigenvalue weighted by Gasteiger charge is 2.37. The summed E-state index contributed by atoms with van der Waals surface area (Å²) < 4.78 is 40.6. The summed E-state index contributed by atoms with van der Waals surface area (Å²) >= 11 is 0. The summed E-state index contributed by atoms with van der Waals surface area (Å²) in [6.45, 7) is 1.89. The molecule has 0 bridgehead atoms. The van der Waals surface area contributed by atoms with Gasteiger partial charge in [0.05, 0.1) is 18.1 Å². The van der Waals surface area contributed by atoms with Crippen LogP contribution in [-0.2, 0) is 6.18 Å². The minimum absolute atomic E-state index is 0.00428. The van der Waals surface area contributed by atoms with Crippen LogP contribution in [0.3, 0.4) is 0 Å².